The number of aromatic amines is 1. The van der Waals surface area contributed by atoms with Gasteiger partial charge in [0.15, 0.2) is 17.9 Å². The second-order valence-electron chi connectivity index (χ2n) is 6.08. The summed E-state index contributed by atoms with van der Waals surface area (Å²) in [6, 6.07) is 6.10. The monoisotopic (exact) mass is 384 g/mol. The van der Waals surface area contributed by atoms with Crippen LogP contribution in [0.4, 0.5) is 15.8 Å². The number of H-pyrrole nitrogens is 1. The minimum absolute atomic E-state index is 0.0298. The Morgan fingerprint density at radius 1 is 1.36 bits per heavy atom. The highest BCUT2D eigenvalue weighted by Crippen LogP contribution is 2.40. The molecule has 0 saturated carbocycles. The van der Waals surface area contributed by atoms with E-state index in [0.29, 0.717) is 46.9 Å². The number of aromatic nitrogens is 2. The predicted octanol–water partition coefficient (Wildman–Crippen LogP) is 3.25. The lowest BCUT2D eigenvalue weighted by Crippen LogP contribution is -2.11. The average molecular weight is 384 g/mol. The molecule has 0 bridgehead atoms. The van der Waals surface area contributed by atoms with Crippen LogP contribution in [0.5, 0.6) is 11.5 Å². The normalized spacial score (nSPS) is 10.7. The molecule has 3 rings (SSSR count). The molecular formula is C20H21FN4O3. The third-order valence-electron chi connectivity index (χ3n) is 4.36. The first kappa shape index (κ1) is 19.4. The molecule has 146 valence electrons. The van der Waals surface area contributed by atoms with Gasteiger partial charge in [0.2, 0.25) is 0 Å². The molecule has 1 aromatic carbocycles. The summed E-state index contributed by atoms with van der Waals surface area (Å²) in [5, 5.41) is 16.4. The minimum Gasteiger partial charge on any atom is -0.506 e. The number of ether oxygens (including phenoxy) is 1. The predicted molar refractivity (Wildman–Crippen MR) is 105 cm³/mol. The number of halogens is 1. The van der Waals surface area contributed by atoms with Gasteiger partial charge in [-0.3, -0.25) is 9.78 Å². The number of aromatic hydroxyl groups is 1. The standard InChI is InChI=1S/C20H21FN4O3/c1-22-8-7-15-13(11-26)19(18(24-15)12-6-9-23-10-17(12)27)25-16-5-3-4-14(21)20(16)28-2/h3-6,9-11,22,24-25,27H,7-8H2,1-2H3. The first-order chi connectivity index (χ1) is 13.6. The number of hydrogen-bond acceptors (Lipinski definition) is 6. The lowest BCUT2D eigenvalue weighted by molar-refractivity contribution is 0.112. The first-order valence-corrected chi connectivity index (χ1v) is 8.68. The van der Waals surface area contributed by atoms with Gasteiger partial charge < -0.3 is 25.5 Å². The van der Waals surface area contributed by atoms with Crippen LogP contribution in [0.15, 0.2) is 36.7 Å². The van der Waals surface area contributed by atoms with Gasteiger partial charge in [0.1, 0.15) is 5.75 Å². The number of carbonyl (C=O) groups is 1. The maximum absolute atomic E-state index is 14.1. The number of methoxy groups -OCH3 is 1. The quantitative estimate of drug-likeness (QED) is 0.445. The molecular weight excluding hydrogens is 363 g/mol. The Hall–Kier alpha value is -3.39. The molecule has 0 unspecified atom stereocenters. The Labute approximate surface area is 161 Å². The van der Waals surface area contributed by atoms with Crippen LogP contribution >= 0.6 is 0 Å². The molecule has 28 heavy (non-hydrogen) atoms. The Kier molecular flexibility index (Phi) is 5.90. The van der Waals surface area contributed by atoms with Gasteiger partial charge in [-0.2, -0.15) is 0 Å². The number of para-hydroxylation sites is 1. The Balaban J connectivity index is 2.18. The van der Waals surface area contributed by atoms with Crippen molar-refractivity contribution < 1.29 is 19.0 Å². The van der Waals surface area contributed by atoms with Gasteiger partial charge in [0.05, 0.1) is 35.9 Å². The molecule has 0 saturated heterocycles. The van der Waals surface area contributed by atoms with Crippen LogP contribution in [0.25, 0.3) is 11.3 Å². The number of rotatable bonds is 8. The molecule has 8 heteroatoms. The summed E-state index contributed by atoms with van der Waals surface area (Å²) in [5.74, 6) is -0.544. The lowest BCUT2D eigenvalue weighted by atomic mass is 10.1. The zero-order chi connectivity index (χ0) is 20.1. The van der Waals surface area contributed by atoms with Gasteiger partial charge in [-0.05, 0) is 25.2 Å². The van der Waals surface area contributed by atoms with Gasteiger partial charge in [0, 0.05) is 30.4 Å². The van der Waals surface area contributed by atoms with Gasteiger partial charge in [0.25, 0.3) is 0 Å². The van der Waals surface area contributed by atoms with Gasteiger partial charge >= 0.3 is 0 Å². The van der Waals surface area contributed by atoms with E-state index in [0.717, 1.165) is 6.29 Å². The fourth-order valence-electron chi connectivity index (χ4n) is 3.02. The SMILES string of the molecule is CNCCc1[nH]c(-c2ccncc2O)c(Nc2cccc(F)c2OC)c1C=O. The van der Waals surface area contributed by atoms with Crippen LogP contribution in [0.2, 0.25) is 0 Å². The molecule has 0 fully saturated rings. The van der Waals surface area contributed by atoms with Crippen LogP contribution in [0.1, 0.15) is 16.1 Å². The van der Waals surface area contributed by atoms with Crippen LogP contribution < -0.4 is 15.4 Å². The number of benzene rings is 1. The van der Waals surface area contributed by atoms with Crippen LogP contribution in [-0.4, -0.2) is 42.1 Å². The molecule has 0 radical (unpaired) electrons. The molecule has 0 spiro atoms. The topological polar surface area (TPSA) is 99.3 Å². The summed E-state index contributed by atoms with van der Waals surface area (Å²) >= 11 is 0. The minimum atomic E-state index is -0.528. The third kappa shape index (κ3) is 3.67. The molecule has 0 amide bonds. The van der Waals surface area contributed by atoms with Crippen molar-refractivity contribution in [2.75, 3.05) is 26.0 Å². The van der Waals surface area contributed by atoms with Gasteiger partial charge in [-0.15, -0.1) is 0 Å². The van der Waals surface area contributed by atoms with Crippen molar-refractivity contribution in [2.45, 2.75) is 6.42 Å². The van der Waals surface area contributed by atoms with Crippen molar-refractivity contribution in [3.63, 3.8) is 0 Å². The van der Waals surface area contributed by atoms with Gasteiger partial charge in [-0.1, -0.05) is 6.07 Å². The van der Waals surface area contributed by atoms with E-state index in [1.54, 1.807) is 18.2 Å². The Morgan fingerprint density at radius 3 is 2.86 bits per heavy atom. The number of likely N-dealkylation sites (N-methyl/N-ethyl adjacent to an activating group) is 1. The molecule has 0 aliphatic rings. The molecule has 2 heterocycles. The summed E-state index contributed by atoms with van der Waals surface area (Å²) in [6.45, 7) is 0.645. The molecule has 2 aromatic heterocycles. The lowest BCUT2D eigenvalue weighted by Gasteiger charge is -2.13. The third-order valence-corrected chi connectivity index (χ3v) is 4.36. The Bertz CT molecular complexity index is 988. The number of carbonyl (C=O) groups excluding carboxylic acids is 1. The average Bonchev–Trinajstić information content (AvgIpc) is 3.04. The number of hydrogen-bond donors (Lipinski definition) is 4. The van der Waals surface area contributed by atoms with Crippen molar-refractivity contribution in [1.29, 1.82) is 0 Å². The number of pyridine rings is 1. The summed E-state index contributed by atoms with van der Waals surface area (Å²) in [5.41, 5.74) is 2.83. The maximum atomic E-state index is 14.1. The number of aldehydes is 1. The molecule has 4 N–H and O–H groups in total. The smallest absolute Gasteiger partial charge is 0.177 e. The van der Waals surface area contributed by atoms with E-state index in [-0.39, 0.29) is 11.5 Å². The van der Waals surface area contributed by atoms with Crippen LogP contribution in [0.3, 0.4) is 0 Å². The van der Waals surface area contributed by atoms with E-state index in [1.807, 2.05) is 7.05 Å². The number of nitrogens with one attached hydrogen (secondary N) is 3. The summed E-state index contributed by atoms with van der Waals surface area (Å²) in [7, 11) is 3.19. The highest BCUT2D eigenvalue weighted by atomic mass is 19.1. The summed E-state index contributed by atoms with van der Waals surface area (Å²) in [6.07, 6.45) is 4.15. The molecule has 0 atom stereocenters. The van der Waals surface area contributed by atoms with E-state index in [1.165, 1.54) is 25.6 Å². The molecule has 0 aliphatic heterocycles. The van der Waals surface area contributed by atoms with Crippen molar-refractivity contribution in [1.82, 2.24) is 15.3 Å². The first-order valence-electron chi connectivity index (χ1n) is 8.68. The van der Waals surface area contributed by atoms with E-state index < -0.39 is 5.82 Å². The van der Waals surface area contributed by atoms with E-state index in [9.17, 15) is 14.3 Å². The van der Waals surface area contributed by atoms with Crippen molar-refractivity contribution in [3.05, 3.63) is 53.7 Å². The number of anilines is 2. The van der Waals surface area contributed by atoms with Crippen molar-refractivity contribution in [3.8, 4) is 22.8 Å². The largest absolute Gasteiger partial charge is 0.506 e. The highest BCUT2D eigenvalue weighted by molar-refractivity contribution is 5.96. The fourth-order valence-corrected chi connectivity index (χ4v) is 3.02. The van der Waals surface area contributed by atoms with Crippen molar-refractivity contribution in [2.24, 2.45) is 0 Å². The molecule has 0 aliphatic carbocycles. The summed E-state index contributed by atoms with van der Waals surface area (Å²) < 4.78 is 19.3. The van der Waals surface area contributed by atoms with E-state index >= 15 is 0 Å². The maximum Gasteiger partial charge on any atom is 0.177 e. The van der Waals surface area contributed by atoms with Crippen LogP contribution in [0, 0.1) is 5.82 Å². The zero-order valence-corrected chi connectivity index (χ0v) is 15.5. The highest BCUT2D eigenvalue weighted by Gasteiger charge is 2.22. The van der Waals surface area contributed by atoms with E-state index in [2.05, 4.69) is 20.6 Å². The van der Waals surface area contributed by atoms with Gasteiger partial charge in [-0.25, -0.2) is 4.39 Å². The second kappa shape index (κ2) is 8.53. The number of nitrogens with zero attached hydrogens (tertiary/aromatic N) is 1. The second-order valence-corrected chi connectivity index (χ2v) is 6.08. The molecule has 3 aromatic rings. The Morgan fingerprint density at radius 2 is 2.18 bits per heavy atom. The van der Waals surface area contributed by atoms with E-state index in [4.69, 9.17) is 4.74 Å². The fraction of sp³-hybridized carbons (Fsp3) is 0.200. The van der Waals surface area contributed by atoms with Crippen molar-refractivity contribution >= 4 is 17.7 Å². The van der Waals surface area contributed by atoms with Crippen LogP contribution in [-0.2, 0) is 6.42 Å². The summed E-state index contributed by atoms with van der Waals surface area (Å²) in [4.78, 5) is 19.0. The molecule has 7 nitrogen and oxygen atoms in total. The zero-order valence-electron chi connectivity index (χ0n) is 15.5.